The van der Waals surface area contributed by atoms with Gasteiger partial charge < -0.3 is 14.8 Å². The highest BCUT2D eigenvalue weighted by Gasteiger charge is 2.31. The molecule has 1 saturated heterocycles. The van der Waals surface area contributed by atoms with Crippen LogP contribution in [0.2, 0.25) is 0 Å². The molecule has 2 aromatic rings. The van der Waals surface area contributed by atoms with Crippen molar-refractivity contribution in [2.45, 2.75) is 31.6 Å². The first-order valence-corrected chi connectivity index (χ1v) is 12.1. The summed E-state index contributed by atoms with van der Waals surface area (Å²) < 4.78 is 50.4. The number of carbonyl (C=O) groups excluding carboxylic acids is 1. The standard InChI is InChI=1S/C23H29FN2O5S/c1-16(19-6-9-21(30-2)22(14-19)31-3)25-23(27)18-10-12-26(13-11-18)32(28,29)15-17-4-7-20(24)8-5-17/h4-9,14,16,18H,10-13,15H2,1-3H3,(H,25,27)/t16-/m0/s1. The molecule has 9 heteroatoms. The van der Waals surface area contributed by atoms with Crippen molar-refractivity contribution in [2.75, 3.05) is 27.3 Å². The fourth-order valence-corrected chi connectivity index (χ4v) is 5.38. The number of carbonyl (C=O) groups is 1. The van der Waals surface area contributed by atoms with E-state index in [4.69, 9.17) is 9.47 Å². The molecule has 2 aromatic carbocycles. The van der Waals surface area contributed by atoms with E-state index in [1.165, 1.54) is 28.6 Å². The van der Waals surface area contributed by atoms with Crippen molar-refractivity contribution in [3.8, 4) is 11.5 Å². The zero-order chi connectivity index (χ0) is 23.3. The number of amides is 1. The monoisotopic (exact) mass is 464 g/mol. The van der Waals surface area contributed by atoms with Crippen molar-refractivity contribution in [1.29, 1.82) is 0 Å². The Balaban J connectivity index is 1.55. The van der Waals surface area contributed by atoms with E-state index in [1.807, 2.05) is 19.1 Å². The van der Waals surface area contributed by atoms with E-state index in [2.05, 4.69) is 5.32 Å². The minimum atomic E-state index is -3.53. The lowest BCUT2D eigenvalue weighted by atomic mass is 9.96. The van der Waals surface area contributed by atoms with Crippen molar-refractivity contribution in [1.82, 2.24) is 9.62 Å². The molecular weight excluding hydrogens is 435 g/mol. The molecule has 0 saturated carbocycles. The van der Waals surface area contributed by atoms with Crippen molar-refractivity contribution in [3.05, 3.63) is 59.4 Å². The van der Waals surface area contributed by atoms with Crippen LogP contribution in [0.15, 0.2) is 42.5 Å². The highest BCUT2D eigenvalue weighted by atomic mass is 32.2. The van der Waals surface area contributed by atoms with Crippen LogP contribution < -0.4 is 14.8 Å². The number of benzene rings is 2. The number of nitrogens with one attached hydrogen (secondary N) is 1. The van der Waals surface area contributed by atoms with Crippen molar-refractivity contribution in [2.24, 2.45) is 5.92 Å². The number of methoxy groups -OCH3 is 2. The molecule has 32 heavy (non-hydrogen) atoms. The van der Waals surface area contributed by atoms with E-state index in [9.17, 15) is 17.6 Å². The summed E-state index contributed by atoms with van der Waals surface area (Å²) in [6.45, 7) is 2.46. The summed E-state index contributed by atoms with van der Waals surface area (Å²) in [6.07, 6.45) is 0.903. The van der Waals surface area contributed by atoms with Crippen LogP contribution >= 0.6 is 0 Å². The Morgan fingerprint density at radius 3 is 2.31 bits per heavy atom. The van der Waals surface area contributed by atoms with Gasteiger partial charge in [-0.25, -0.2) is 17.1 Å². The molecule has 0 spiro atoms. The van der Waals surface area contributed by atoms with Crippen LogP contribution in [-0.2, 0) is 20.6 Å². The second kappa shape index (κ2) is 10.3. The lowest BCUT2D eigenvalue weighted by Crippen LogP contribution is -2.43. The number of rotatable bonds is 8. The van der Waals surface area contributed by atoms with Crippen molar-refractivity contribution >= 4 is 15.9 Å². The van der Waals surface area contributed by atoms with E-state index in [-0.39, 0.29) is 36.7 Å². The minimum absolute atomic E-state index is 0.0946. The number of nitrogens with zero attached hydrogens (tertiary/aromatic N) is 1. The molecule has 0 aliphatic carbocycles. The maximum atomic E-state index is 13.1. The Morgan fingerprint density at radius 1 is 1.09 bits per heavy atom. The fraction of sp³-hybridized carbons (Fsp3) is 0.435. The fourth-order valence-electron chi connectivity index (χ4n) is 3.82. The summed E-state index contributed by atoms with van der Waals surface area (Å²) in [5, 5.41) is 3.01. The summed E-state index contributed by atoms with van der Waals surface area (Å²) >= 11 is 0. The van der Waals surface area contributed by atoms with Gasteiger partial charge in [-0.05, 0) is 55.2 Å². The van der Waals surface area contributed by atoms with Crippen molar-refractivity contribution < 1.29 is 27.1 Å². The first-order chi connectivity index (χ1) is 15.2. The van der Waals surface area contributed by atoms with Crippen LogP contribution in [-0.4, -0.2) is 45.9 Å². The highest BCUT2D eigenvalue weighted by Crippen LogP contribution is 2.30. The van der Waals surface area contributed by atoms with Crippen LogP contribution in [0.4, 0.5) is 4.39 Å². The summed E-state index contributed by atoms with van der Waals surface area (Å²) in [6, 6.07) is 10.7. The number of sulfonamides is 1. The molecule has 1 atom stereocenters. The van der Waals surface area contributed by atoms with Gasteiger partial charge in [-0.2, -0.15) is 0 Å². The number of ether oxygens (including phenoxy) is 2. The Labute approximate surface area is 188 Å². The third-order valence-electron chi connectivity index (χ3n) is 5.75. The van der Waals surface area contributed by atoms with E-state index in [0.29, 0.717) is 29.9 Å². The summed E-state index contributed by atoms with van der Waals surface area (Å²) in [5.74, 6) is 0.272. The zero-order valence-corrected chi connectivity index (χ0v) is 19.3. The third kappa shape index (κ3) is 5.77. The smallest absolute Gasteiger partial charge is 0.223 e. The largest absolute Gasteiger partial charge is 0.493 e. The Morgan fingerprint density at radius 2 is 1.72 bits per heavy atom. The molecule has 1 N–H and O–H groups in total. The molecular formula is C23H29FN2O5S. The highest BCUT2D eigenvalue weighted by molar-refractivity contribution is 7.88. The van der Waals surface area contributed by atoms with Crippen LogP contribution in [0.1, 0.15) is 36.9 Å². The molecule has 0 bridgehead atoms. The molecule has 0 unspecified atom stereocenters. The molecule has 1 heterocycles. The molecule has 0 aromatic heterocycles. The number of halogens is 1. The maximum Gasteiger partial charge on any atom is 0.223 e. The predicted molar refractivity (Wildman–Crippen MR) is 119 cm³/mol. The van der Waals surface area contributed by atoms with Crippen LogP contribution in [0.25, 0.3) is 0 Å². The van der Waals surface area contributed by atoms with Gasteiger partial charge in [-0.15, -0.1) is 0 Å². The van der Waals surface area contributed by atoms with E-state index >= 15 is 0 Å². The second-order valence-electron chi connectivity index (χ2n) is 7.90. The van der Waals surface area contributed by atoms with E-state index < -0.39 is 15.8 Å². The molecule has 1 amide bonds. The summed E-state index contributed by atoms with van der Waals surface area (Å²) in [4.78, 5) is 12.8. The minimum Gasteiger partial charge on any atom is -0.493 e. The number of hydrogen-bond donors (Lipinski definition) is 1. The number of piperidine rings is 1. The molecule has 1 aliphatic heterocycles. The predicted octanol–water partition coefficient (Wildman–Crippen LogP) is 3.26. The average molecular weight is 465 g/mol. The van der Waals surface area contributed by atoms with Gasteiger partial charge in [-0.1, -0.05) is 18.2 Å². The van der Waals surface area contributed by atoms with Gasteiger partial charge in [0.2, 0.25) is 15.9 Å². The molecule has 1 aliphatic rings. The van der Waals surface area contributed by atoms with Gasteiger partial charge in [0.15, 0.2) is 11.5 Å². The lowest BCUT2D eigenvalue weighted by Gasteiger charge is -2.31. The Hall–Kier alpha value is -2.65. The zero-order valence-electron chi connectivity index (χ0n) is 18.5. The quantitative estimate of drug-likeness (QED) is 0.648. The lowest BCUT2D eigenvalue weighted by molar-refractivity contribution is -0.126. The molecule has 174 valence electrons. The van der Waals surface area contributed by atoms with E-state index in [1.54, 1.807) is 20.3 Å². The van der Waals surface area contributed by atoms with Crippen LogP contribution in [0, 0.1) is 11.7 Å². The van der Waals surface area contributed by atoms with Gasteiger partial charge in [0.1, 0.15) is 5.82 Å². The molecule has 1 fully saturated rings. The topological polar surface area (TPSA) is 84.9 Å². The number of hydrogen-bond acceptors (Lipinski definition) is 5. The van der Waals surface area contributed by atoms with Crippen LogP contribution in [0.5, 0.6) is 11.5 Å². The molecule has 0 radical (unpaired) electrons. The normalized spacial score (nSPS) is 16.4. The van der Waals surface area contributed by atoms with E-state index in [0.717, 1.165) is 5.56 Å². The van der Waals surface area contributed by atoms with Crippen molar-refractivity contribution in [3.63, 3.8) is 0 Å². The van der Waals surface area contributed by atoms with Gasteiger partial charge in [0.05, 0.1) is 26.0 Å². The second-order valence-corrected chi connectivity index (χ2v) is 9.87. The summed E-state index contributed by atoms with van der Waals surface area (Å²) in [7, 11) is -0.403. The van der Waals surface area contributed by atoms with Gasteiger partial charge >= 0.3 is 0 Å². The first-order valence-electron chi connectivity index (χ1n) is 10.5. The average Bonchev–Trinajstić information content (AvgIpc) is 2.80. The van der Waals surface area contributed by atoms with Crippen LogP contribution in [0.3, 0.4) is 0 Å². The van der Waals surface area contributed by atoms with Gasteiger partial charge in [-0.3, -0.25) is 4.79 Å². The third-order valence-corrected chi connectivity index (χ3v) is 7.60. The maximum absolute atomic E-state index is 13.1. The summed E-state index contributed by atoms with van der Waals surface area (Å²) in [5.41, 5.74) is 1.42. The molecule has 7 nitrogen and oxygen atoms in total. The molecule has 3 rings (SSSR count). The Bertz CT molecular complexity index is 1030. The van der Waals surface area contributed by atoms with Gasteiger partial charge in [0, 0.05) is 19.0 Å². The van der Waals surface area contributed by atoms with Gasteiger partial charge in [0.25, 0.3) is 0 Å². The first kappa shape index (κ1) is 24.0. The Kier molecular flexibility index (Phi) is 7.73. The SMILES string of the molecule is COc1ccc([C@H](C)NC(=O)C2CCN(S(=O)(=O)Cc3ccc(F)cc3)CC2)cc1OC.